The van der Waals surface area contributed by atoms with E-state index in [4.69, 9.17) is 9.84 Å². The number of para-hydroxylation sites is 1. The van der Waals surface area contributed by atoms with Gasteiger partial charge >= 0.3 is 6.03 Å². The number of ether oxygens (including phenoxy) is 1. The third-order valence-corrected chi connectivity index (χ3v) is 3.90. The lowest BCUT2D eigenvalue weighted by Crippen LogP contribution is -2.47. The average Bonchev–Trinajstić information content (AvgIpc) is 2.83. The minimum absolute atomic E-state index is 0.0251. The largest absolute Gasteiger partial charge is 0.491 e. The summed E-state index contributed by atoms with van der Waals surface area (Å²) in [5, 5.41) is 11.8. The van der Waals surface area contributed by atoms with Gasteiger partial charge in [0.1, 0.15) is 12.4 Å². The van der Waals surface area contributed by atoms with Crippen LogP contribution < -0.4 is 10.1 Å². The molecule has 1 saturated heterocycles. The second-order valence-electron chi connectivity index (χ2n) is 5.91. The molecule has 1 aromatic carbocycles. The molecule has 0 bridgehead atoms. The SMILES string of the molecule is CC1(C)CCCN1C(=O)NCc1ccccc1OCCO. The highest BCUT2D eigenvalue weighted by atomic mass is 16.5. The second-order valence-corrected chi connectivity index (χ2v) is 5.91. The number of urea groups is 1. The quantitative estimate of drug-likeness (QED) is 0.874. The topological polar surface area (TPSA) is 61.8 Å². The van der Waals surface area contributed by atoms with Gasteiger partial charge in [-0.15, -0.1) is 0 Å². The number of aliphatic hydroxyl groups is 1. The van der Waals surface area contributed by atoms with Gasteiger partial charge in [-0.2, -0.15) is 0 Å². The van der Waals surface area contributed by atoms with Gasteiger partial charge < -0.3 is 20.1 Å². The van der Waals surface area contributed by atoms with E-state index in [2.05, 4.69) is 19.2 Å². The summed E-state index contributed by atoms with van der Waals surface area (Å²) in [6.45, 7) is 5.65. The maximum Gasteiger partial charge on any atom is 0.318 e. The van der Waals surface area contributed by atoms with Gasteiger partial charge in [0.2, 0.25) is 0 Å². The molecule has 0 aromatic heterocycles. The highest BCUT2D eigenvalue weighted by Crippen LogP contribution is 2.28. The zero-order valence-corrected chi connectivity index (χ0v) is 12.8. The van der Waals surface area contributed by atoms with Crippen molar-refractivity contribution in [1.82, 2.24) is 10.2 Å². The highest BCUT2D eigenvalue weighted by molar-refractivity contribution is 5.75. The van der Waals surface area contributed by atoms with E-state index in [1.807, 2.05) is 29.2 Å². The number of hydrogen-bond acceptors (Lipinski definition) is 3. The number of likely N-dealkylation sites (tertiary alicyclic amines) is 1. The third kappa shape index (κ3) is 3.88. The predicted octanol–water partition coefficient (Wildman–Crippen LogP) is 2.14. The summed E-state index contributed by atoms with van der Waals surface area (Å²) >= 11 is 0. The lowest BCUT2D eigenvalue weighted by molar-refractivity contribution is 0.164. The van der Waals surface area contributed by atoms with Gasteiger partial charge in [-0.1, -0.05) is 18.2 Å². The van der Waals surface area contributed by atoms with E-state index in [1.165, 1.54) is 0 Å². The number of amides is 2. The van der Waals surface area contributed by atoms with E-state index in [1.54, 1.807) is 0 Å². The van der Waals surface area contributed by atoms with Crippen molar-refractivity contribution in [3.63, 3.8) is 0 Å². The van der Waals surface area contributed by atoms with E-state index in [9.17, 15) is 4.79 Å². The Morgan fingerprint density at radius 3 is 2.86 bits per heavy atom. The monoisotopic (exact) mass is 292 g/mol. The molecule has 1 heterocycles. The fourth-order valence-electron chi connectivity index (χ4n) is 2.70. The van der Waals surface area contributed by atoms with Gasteiger partial charge in [0.05, 0.1) is 6.61 Å². The second kappa shape index (κ2) is 6.80. The molecular weight excluding hydrogens is 268 g/mol. The fraction of sp³-hybridized carbons (Fsp3) is 0.562. The molecule has 0 saturated carbocycles. The van der Waals surface area contributed by atoms with Crippen molar-refractivity contribution in [2.45, 2.75) is 38.8 Å². The summed E-state index contributed by atoms with van der Waals surface area (Å²) in [4.78, 5) is 14.2. The molecule has 1 aliphatic rings. The molecule has 5 heteroatoms. The fourth-order valence-corrected chi connectivity index (χ4v) is 2.70. The van der Waals surface area contributed by atoms with Crippen molar-refractivity contribution < 1.29 is 14.6 Å². The van der Waals surface area contributed by atoms with Gasteiger partial charge in [-0.25, -0.2) is 4.79 Å². The molecule has 0 spiro atoms. The summed E-state index contributed by atoms with van der Waals surface area (Å²) in [6.07, 6.45) is 2.09. The van der Waals surface area contributed by atoms with Crippen LogP contribution in [0.25, 0.3) is 0 Å². The first-order chi connectivity index (χ1) is 10.0. The summed E-state index contributed by atoms with van der Waals surface area (Å²) < 4.78 is 5.47. The molecule has 1 fully saturated rings. The summed E-state index contributed by atoms with van der Waals surface area (Å²) in [5.74, 6) is 0.701. The molecule has 21 heavy (non-hydrogen) atoms. The molecule has 116 valence electrons. The van der Waals surface area contributed by atoms with Crippen LogP contribution in [-0.4, -0.2) is 41.3 Å². The molecule has 1 aromatic rings. The Labute approximate surface area is 125 Å². The van der Waals surface area contributed by atoms with Crippen molar-refractivity contribution in [2.75, 3.05) is 19.8 Å². The van der Waals surface area contributed by atoms with Crippen molar-refractivity contribution in [3.8, 4) is 5.75 Å². The molecule has 0 radical (unpaired) electrons. The number of nitrogens with one attached hydrogen (secondary N) is 1. The number of aliphatic hydroxyl groups excluding tert-OH is 1. The van der Waals surface area contributed by atoms with E-state index in [0.717, 1.165) is 24.9 Å². The Bertz CT molecular complexity index is 488. The molecule has 2 N–H and O–H groups in total. The number of benzene rings is 1. The lowest BCUT2D eigenvalue weighted by Gasteiger charge is -2.31. The maximum atomic E-state index is 12.3. The van der Waals surface area contributed by atoms with Gasteiger partial charge in [0, 0.05) is 24.2 Å². The van der Waals surface area contributed by atoms with Crippen LogP contribution in [0.1, 0.15) is 32.3 Å². The number of carbonyl (C=O) groups is 1. The first-order valence-corrected chi connectivity index (χ1v) is 7.41. The van der Waals surface area contributed by atoms with Crippen molar-refractivity contribution in [3.05, 3.63) is 29.8 Å². The minimum Gasteiger partial charge on any atom is -0.491 e. The van der Waals surface area contributed by atoms with Crippen LogP contribution in [0.4, 0.5) is 4.79 Å². The molecule has 2 rings (SSSR count). The average molecular weight is 292 g/mol. The number of carbonyl (C=O) groups excluding carboxylic acids is 1. The molecule has 2 amide bonds. The number of rotatable bonds is 5. The Morgan fingerprint density at radius 2 is 2.19 bits per heavy atom. The van der Waals surface area contributed by atoms with Crippen LogP contribution in [0.5, 0.6) is 5.75 Å². The van der Waals surface area contributed by atoms with Crippen LogP contribution in [0.2, 0.25) is 0 Å². The number of nitrogens with zero attached hydrogens (tertiary/aromatic N) is 1. The molecule has 5 nitrogen and oxygen atoms in total. The van der Waals surface area contributed by atoms with Crippen LogP contribution in [-0.2, 0) is 6.54 Å². The van der Waals surface area contributed by atoms with Gasteiger partial charge in [-0.3, -0.25) is 0 Å². The highest BCUT2D eigenvalue weighted by Gasteiger charge is 2.35. The van der Waals surface area contributed by atoms with Crippen molar-refractivity contribution in [2.24, 2.45) is 0 Å². The first-order valence-electron chi connectivity index (χ1n) is 7.41. The maximum absolute atomic E-state index is 12.3. The van der Waals surface area contributed by atoms with Crippen LogP contribution in [0, 0.1) is 0 Å². The standard InChI is InChI=1S/C16H24N2O3/c1-16(2)8-5-9-18(16)15(20)17-12-13-6-3-4-7-14(13)21-11-10-19/h3-4,6-7,19H,5,8-12H2,1-2H3,(H,17,20). The van der Waals surface area contributed by atoms with Crippen LogP contribution >= 0.6 is 0 Å². The van der Waals surface area contributed by atoms with Crippen LogP contribution in [0.3, 0.4) is 0 Å². The van der Waals surface area contributed by atoms with Gasteiger partial charge in [-0.05, 0) is 32.8 Å². The Kier molecular flexibility index (Phi) is 5.07. The van der Waals surface area contributed by atoms with E-state index in [0.29, 0.717) is 12.3 Å². The number of hydrogen-bond donors (Lipinski definition) is 2. The molecular formula is C16H24N2O3. The van der Waals surface area contributed by atoms with E-state index >= 15 is 0 Å². The van der Waals surface area contributed by atoms with Crippen molar-refractivity contribution >= 4 is 6.03 Å². The van der Waals surface area contributed by atoms with Gasteiger partial charge in [0.15, 0.2) is 0 Å². The molecule has 0 unspecified atom stereocenters. The zero-order chi connectivity index (χ0) is 15.3. The Hall–Kier alpha value is -1.75. The van der Waals surface area contributed by atoms with Crippen molar-refractivity contribution in [1.29, 1.82) is 0 Å². The van der Waals surface area contributed by atoms with Crippen LogP contribution in [0.15, 0.2) is 24.3 Å². The Balaban J connectivity index is 1.95. The smallest absolute Gasteiger partial charge is 0.318 e. The molecule has 0 aliphatic carbocycles. The van der Waals surface area contributed by atoms with E-state index < -0.39 is 0 Å². The molecule has 1 aliphatic heterocycles. The zero-order valence-electron chi connectivity index (χ0n) is 12.8. The normalized spacial score (nSPS) is 16.8. The minimum atomic E-state index is -0.0724. The lowest BCUT2D eigenvalue weighted by atomic mass is 10.0. The van der Waals surface area contributed by atoms with Gasteiger partial charge in [0.25, 0.3) is 0 Å². The Morgan fingerprint density at radius 1 is 1.43 bits per heavy atom. The third-order valence-electron chi connectivity index (χ3n) is 3.90. The summed E-state index contributed by atoms with van der Waals surface area (Å²) in [7, 11) is 0. The molecule has 0 atom stereocenters. The summed E-state index contributed by atoms with van der Waals surface area (Å²) in [5.41, 5.74) is 0.841. The first kappa shape index (κ1) is 15.6. The predicted molar refractivity (Wildman–Crippen MR) is 81.3 cm³/mol. The van der Waals surface area contributed by atoms with E-state index in [-0.39, 0.29) is 24.8 Å². The summed E-state index contributed by atoms with van der Waals surface area (Å²) in [6, 6.07) is 7.52.